The summed E-state index contributed by atoms with van der Waals surface area (Å²) in [6.45, 7) is 1.80. The van der Waals surface area contributed by atoms with E-state index in [-0.39, 0.29) is 6.61 Å². The average molecular weight is 263 g/mol. The van der Waals surface area contributed by atoms with Gasteiger partial charge in [0, 0.05) is 25.8 Å². The molecule has 0 saturated heterocycles. The summed E-state index contributed by atoms with van der Waals surface area (Å²) in [6.07, 6.45) is 2.85. The molecule has 17 heavy (non-hydrogen) atoms. The van der Waals surface area contributed by atoms with Crippen molar-refractivity contribution >= 4 is 10.0 Å². The topological polar surface area (TPSA) is 109 Å². The Morgan fingerprint density at radius 1 is 1.47 bits per heavy atom. The maximum atomic E-state index is 10.8. The minimum Gasteiger partial charge on any atom is -0.394 e. The number of nitrogens with one attached hydrogen (secondary N) is 2. The molecule has 0 atom stereocenters. The molecule has 0 spiro atoms. The first-order chi connectivity index (χ1) is 8.01. The van der Waals surface area contributed by atoms with Crippen molar-refractivity contribution in [1.82, 2.24) is 25.0 Å². The van der Waals surface area contributed by atoms with Crippen LogP contribution in [0.25, 0.3) is 0 Å². The fourth-order valence-corrected chi connectivity index (χ4v) is 1.65. The van der Waals surface area contributed by atoms with Crippen LogP contribution in [0.1, 0.15) is 5.69 Å². The molecule has 1 rings (SSSR count). The van der Waals surface area contributed by atoms with Crippen LogP contribution >= 0.6 is 0 Å². The highest BCUT2D eigenvalue weighted by Crippen LogP contribution is 1.91. The number of aliphatic hydroxyl groups is 1. The molecule has 0 bridgehead atoms. The lowest BCUT2D eigenvalue weighted by Gasteiger charge is -2.02. The zero-order chi connectivity index (χ0) is 12.7. The Morgan fingerprint density at radius 3 is 2.88 bits per heavy atom. The van der Waals surface area contributed by atoms with Gasteiger partial charge in [0.2, 0.25) is 10.0 Å². The van der Waals surface area contributed by atoms with E-state index in [1.54, 1.807) is 10.9 Å². The van der Waals surface area contributed by atoms with Gasteiger partial charge >= 0.3 is 0 Å². The van der Waals surface area contributed by atoms with Crippen LogP contribution in [0.15, 0.2) is 6.20 Å². The molecule has 1 aromatic rings. The van der Waals surface area contributed by atoms with Crippen molar-refractivity contribution in [2.45, 2.75) is 13.1 Å². The molecule has 8 nitrogen and oxygen atoms in total. The zero-order valence-corrected chi connectivity index (χ0v) is 10.4. The quantitative estimate of drug-likeness (QED) is 0.464. The van der Waals surface area contributed by atoms with Crippen LogP contribution in [0.5, 0.6) is 0 Å². The molecule has 3 N–H and O–H groups in total. The lowest BCUT2D eigenvalue weighted by atomic mass is 10.4. The molecule has 0 aromatic carbocycles. The zero-order valence-electron chi connectivity index (χ0n) is 9.63. The standard InChI is InChI=1S/C8H17N5O3S/c1-17(15,16)10-3-2-9-6-8-7-13(4-5-14)12-11-8/h7,9-10,14H,2-6H2,1H3. The summed E-state index contributed by atoms with van der Waals surface area (Å²) in [5, 5.41) is 19.4. The number of hydrogen-bond donors (Lipinski definition) is 3. The van der Waals surface area contributed by atoms with E-state index in [1.165, 1.54) is 0 Å². The van der Waals surface area contributed by atoms with E-state index in [2.05, 4.69) is 20.4 Å². The van der Waals surface area contributed by atoms with Crippen molar-refractivity contribution < 1.29 is 13.5 Å². The minimum absolute atomic E-state index is 0.0223. The average Bonchev–Trinajstić information content (AvgIpc) is 2.64. The maximum absolute atomic E-state index is 10.8. The normalized spacial score (nSPS) is 11.9. The molecule has 1 heterocycles. The van der Waals surface area contributed by atoms with Gasteiger partial charge in [-0.3, -0.25) is 0 Å². The maximum Gasteiger partial charge on any atom is 0.208 e. The van der Waals surface area contributed by atoms with Crippen LogP contribution in [0.4, 0.5) is 0 Å². The first-order valence-corrected chi connectivity index (χ1v) is 7.05. The van der Waals surface area contributed by atoms with Crippen molar-refractivity contribution in [1.29, 1.82) is 0 Å². The molecular formula is C8H17N5O3S. The molecule has 1 aromatic heterocycles. The Balaban J connectivity index is 2.17. The summed E-state index contributed by atoms with van der Waals surface area (Å²) in [5.41, 5.74) is 0.748. The second-order valence-corrected chi connectivity index (χ2v) is 5.37. The minimum atomic E-state index is -3.12. The van der Waals surface area contributed by atoms with Gasteiger partial charge in [0.05, 0.1) is 25.1 Å². The SMILES string of the molecule is CS(=O)(=O)NCCNCc1cn(CCO)nn1. The van der Waals surface area contributed by atoms with Crippen LogP contribution in [-0.4, -0.2) is 54.5 Å². The molecule has 0 fully saturated rings. The lowest BCUT2D eigenvalue weighted by Crippen LogP contribution is -2.30. The third-order valence-electron chi connectivity index (χ3n) is 1.89. The summed E-state index contributed by atoms with van der Waals surface area (Å²) in [7, 11) is -3.12. The highest BCUT2D eigenvalue weighted by atomic mass is 32.2. The smallest absolute Gasteiger partial charge is 0.208 e. The molecule has 0 aliphatic heterocycles. The number of aliphatic hydroxyl groups excluding tert-OH is 1. The molecule has 9 heteroatoms. The van der Waals surface area contributed by atoms with Crippen molar-refractivity contribution in [3.05, 3.63) is 11.9 Å². The number of hydrogen-bond acceptors (Lipinski definition) is 6. The van der Waals surface area contributed by atoms with Gasteiger partial charge in [0.1, 0.15) is 0 Å². The van der Waals surface area contributed by atoms with E-state index in [0.29, 0.717) is 26.2 Å². The van der Waals surface area contributed by atoms with Crippen LogP contribution in [0.3, 0.4) is 0 Å². The van der Waals surface area contributed by atoms with Gasteiger partial charge in [-0.1, -0.05) is 5.21 Å². The Bertz CT molecular complexity index is 430. The first kappa shape index (κ1) is 14.0. The van der Waals surface area contributed by atoms with Crippen LogP contribution in [0.2, 0.25) is 0 Å². The van der Waals surface area contributed by atoms with E-state index in [9.17, 15) is 8.42 Å². The molecule has 0 aliphatic carbocycles. The van der Waals surface area contributed by atoms with Gasteiger partial charge in [-0.15, -0.1) is 5.10 Å². The predicted octanol–water partition coefficient (Wildman–Crippen LogP) is -2.09. The van der Waals surface area contributed by atoms with Crippen LogP contribution in [-0.2, 0) is 23.1 Å². The summed E-state index contributed by atoms with van der Waals surface area (Å²) < 4.78 is 25.4. The van der Waals surface area contributed by atoms with Gasteiger partial charge in [0.25, 0.3) is 0 Å². The molecular weight excluding hydrogens is 246 g/mol. The van der Waals surface area contributed by atoms with E-state index in [4.69, 9.17) is 5.11 Å². The second-order valence-electron chi connectivity index (χ2n) is 3.54. The molecule has 0 radical (unpaired) electrons. The monoisotopic (exact) mass is 263 g/mol. The Morgan fingerprint density at radius 2 is 2.24 bits per heavy atom. The highest BCUT2D eigenvalue weighted by Gasteiger charge is 2.01. The number of aromatic nitrogens is 3. The summed E-state index contributed by atoms with van der Waals surface area (Å²) in [5.74, 6) is 0. The van der Waals surface area contributed by atoms with E-state index in [0.717, 1.165) is 11.9 Å². The summed E-state index contributed by atoms with van der Waals surface area (Å²) in [6, 6.07) is 0. The van der Waals surface area contributed by atoms with Gasteiger partial charge in [0.15, 0.2) is 0 Å². The van der Waals surface area contributed by atoms with Gasteiger partial charge in [-0.2, -0.15) is 0 Å². The number of nitrogens with zero attached hydrogens (tertiary/aromatic N) is 3. The predicted molar refractivity (Wildman–Crippen MR) is 61.7 cm³/mol. The fraction of sp³-hybridized carbons (Fsp3) is 0.750. The second kappa shape index (κ2) is 6.64. The number of sulfonamides is 1. The first-order valence-electron chi connectivity index (χ1n) is 5.16. The molecule has 0 amide bonds. The highest BCUT2D eigenvalue weighted by molar-refractivity contribution is 7.88. The molecule has 98 valence electrons. The Hall–Kier alpha value is -1.03. The lowest BCUT2D eigenvalue weighted by molar-refractivity contribution is 0.268. The van der Waals surface area contributed by atoms with Crippen molar-refractivity contribution in [3.63, 3.8) is 0 Å². The third-order valence-corrected chi connectivity index (χ3v) is 2.62. The number of rotatable bonds is 8. The molecule has 0 aliphatic rings. The van der Waals surface area contributed by atoms with Crippen molar-refractivity contribution in [2.24, 2.45) is 0 Å². The Labute approximate surface area is 100 Å². The fourth-order valence-electron chi connectivity index (χ4n) is 1.17. The van der Waals surface area contributed by atoms with E-state index >= 15 is 0 Å². The van der Waals surface area contributed by atoms with Crippen molar-refractivity contribution in [3.8, 4) is 0 Å². The Kier molecular flexibility index (Phi) is 5.48. The van der Waals surface area contributed by atoms with Crippen LogP contribution < -0.4 is 10.0 Å². The van der Waals surface area contributed by atoms with Gasteiger partial charge in [-0.05, 0) is 0 Å². The van der Waals surface area contributed by atoms with Gasteiger partial charge < -0.3 is 10.4 Å². The molecule has 0 unspecified atom stereocenters. The largest absolute Gasteiger partial charge is 0.394 e. The van der Waals surface area contributed by atoms with Crippen LogP contribution in [0, 0.1) is 0 Å². The third kappa shape index (κ3) is 6.31. The summed E-state index contributed by atoms with van der Waals surface area (Å²) in [4.78, 5) is 0. The van der Waals surface area contributed by atoms with E-state index < -0.39 is 10.0 Å². The van der Waals surface area contributed by atoms with Gasteiger partial charge in [-0.25, -0.2) is 17.8 Å². The molecule has 0 saturated carbocycles. The summed E-state index contributed by atoms with van der Waals surface area (Å²) >= 11 is 0. The van der Waals surface area contributed by atoms with E-state index in [1.807, 2.05) is 0 Å². The van der Waals surface area contributed by atoms with Crippen molar-refractivity contribution in [2.75, 3.05) is 26.0 Å².